The van der Waals surface area contributed by atoms with Gasteiger partial charge in [-0.25, -0.2) is 0 Å². The third kappa shape index (κ3) is 2.70. The van der Waals surface area contributed by atoms with E-state index in [-0.39, 0.29) is 11.8 Å². The highest BCUT2D eigenvalue weighted by Gasteiger charge is 2.26. The molecule has 1 atom stereocenters. The van der Waals surface area contributed by atoms with Gasteiger partial charge in [-0.05, 0) is 41.2 Å². The van der Waals surface area contributed by atoms with Crippen molar-refractivity contribution in [3.8, 4) is 17.2 Å². The van der Waals surface area contributed by atoms with Gasteiger partial charge in [0.25, 0.3) is 5.89 Å². The normalized spacial score (nSPS) is 20.2. The molecule has 20 heavy (non-hydrogen) atoms. The zero-order chi connectivity index (χ0) is 14.1. The molecule has 0 spiro atoms. The van der Waals surface area contributed by atoms with Crippen LogP contribution in [0.2, 0.25) is 0 Å². The number of benzene rings is 1. The highest BCUT2D eigenvalue weighted by molar-refractivity contribution is 9.10. The molecule has 1 aromatic heterocycles. The summed E-state index contributed by atoms with van der Waals surface area (Å²) in [6, 6.07) is 5.40. The second kappa shape index (κ2) is 5.75. The van der Waals surface area contributed by atoms with Crippen molar-refractivity contribution in [2.45, 2.75) is 6.04 Å². The molecular formula is C13H14BrN3O2S. The van der Waals surface area contributed by atoms with Crippen LogP contribution >= 0.6 is 27.7 Å². The zero-order valence-corrected chi connectivity index (χ0v) is 13.3. The van der Waals surface area contributed by atoms with Crippen LogP contribution in [0.25, 0.3) is 11.5 Å². The van der Waals surface area contributed by atoms with E-state index in [1.54, 1.807) is 12.1 Å². The van der Waals surface area contributed by atoms with Crippen molar-refractivity contribution < 1.29 is 9.63 Å². The third-order valence-electron chi connectivity index (χ3n) is 3.33. The predicted molar refractivity (Wildman–Crippen MR) is 81.8 cm³/mol. The summed E-state index contributed by atoms with van der Waals surface area (Å²) in [7, 11) is 2.08. The minimum Gasteiger partial charge on any atom is -0.507 e. The molecule has 0 bridgehead atoms. The van der Waals surface area contributed by atoms with Gasteiger partial charge in [-0.3, -0.25) is 4.90 Å². The number of thioether (sulfide) groups is 1. The van der Waals surface area contributed by atoms with Crippen LogP contribution in [0, 0.1) is 0 Å². The monoisotopic (exact) mass is 355 g/mol. The molecule has 0 amide bonds. The number of nitrogens with zero attached hydrogens (tertiary/aromatic N) is 3. The minimum absolute atomic E-state index is 0.160. The fraction of sp³-hybridized carbons (Fsp3) is 0.385. The van der Waals surface area contributed by atoms with Crippen LogP contribution in [0.15, 0.2) is 27.2 Å². The van der Waals surface area contributed by atoms with Gasteiger partial charge in [0, 0.05) is 23.6 Å². The Kier molecular flexibility index (Phi) is 4.00. The van der Waals surface area contributed by atoms with Gasteiger partial charge >= 0.3 is 0 Å². The zero-order valence-electron chi connectivity index (χ0n) is 10.9. The van der Waals surface area contributed by atoms with E-state index in [4.69, 9.17) is 4.52 Å². The first-order chi connectivity index (χ1) is 9.65. The summed E-state index contributed by atoms with van der Waals surface area (Å²) in [5.74, 6) is 3.41. The van der Waals surface area contributed by atoms with Gasteiger partial charge in [0.15, 0.2) is 5.82 Å². The quantitative estimate of drug-likeness (QED) is 0.893. The van der Waals surface area contributed by atoms with Crippen LogP contribution in [0.4, 0.5) is 0 Å². The van der Waals surface area contributed by atoms with Crippen molar-refractivity contribution in [2.75, 3.05) is 25.1 Å². The van der Waals surface area contributed by atoms with E-state index in [0.29, 0.717) is 16.2 Å². The molecule has 5 nitrogen and oxygen atoms in total. The van der Waals surface area contributed by atoms with Gasteiger partial charge in [0.05, 0.1) is 10.5 Å². The summed E-state index contributed by atoms with van der Waals surface area (Å²) in [6.45, 7) is 1.03. The minimum atomic E-state index is 0.160. The summed E-state index contributed by atoms with van der Waals surface area (Å²) in [6.07, 6.45) is 0. The van der Waals surface area contributed by atoms with Gasteiger partial charge in [-0.1, -0.05) is 5.16 Å². The molecule has 1 aliphatic rings. The molecule has 1 unspecified atom stereocenters. The Balaban J connectivity index is 1.87. The summed E-state index contributed by atoms with van der Waals surface area (Å²) in [5.41, 5.74) is 0.718. The molecule has 0 aliphatic carbocycles. The fourth-order valence-electron chi connectivity index (χ4n) is 2.09. The van der Waals surface area contributed by atoms with Crippen molar-refractivity contribution in [3.63, 3.8) is 0 Å². The van der Waals surface area contributed by atoms with Crippen LogP contribution in [0.3, 0.4) is 0 Å². The van der Waals surface area contributed by atoms with Gasteiger partial charge < -0.3 is 9.63 Å². The van der Waals surface area contributed by atoms with E-state index in [1.807, 2.05) is 17.8 Å². The number of aromatic nitrogens is 2. The second-order valence-electron chi connectivity index (χ2n) is 4.70. The Morgan fingerprint density at radius 1 is 1.50 bits per heavy atom. The molecule has 1 saturated heterocycles. The van der Waals surface area contributed by atoms with Crippen LogP contribution in [0.1, 0.15) is 11.9 Å². The van der Waals surface area contributed by atoms with Crippen LogP contribution < -0.4 is 0 Å². The molecule has 7 heteroatoms. The Morgan fingerprint density at radius 3 is 3.10 bits per heavy atom. The molecule has 2 heterocycles. The van der Waals surface area contributed by atoms with Crippen LogP contribution in [-0.2, 0) is 0 Å². The molecule has 1 N–H and O–H groups in total. The first-order valence-electron chi connectivity index (χ1n) is 6.25. The SMILES string of the molecule is CN1CCSCC1c1noc(-c2ccc(Br)c(O)c2)n1. The lowest BCUT2D eigenvalue weighted by molar-refractivity contribution is 0.257. The summed E-state index contributed by atoms with van der Waals surface area (Å²) < 4.78 is 5.97. The van der Waals surface area contributed by atoms with E-state index >= 15 is 0 Å². The number of hydrogen-bond acceptors (Lipinski definition) is 6. The lowest BCUT2D eigenvalue weighted by Gasteiger charge is -2.29. The van der Waals surface area contributed by atoms with E-state index in [1.165, 1.54) is 0 Å². The van der Waals surface area contributed by atoms with E-state index in [0.717, 1.165) is 23.6 Å². The molecule has 106 valence electrons. The molecule has 1 aliphatic heterocycles. The van der Waals surface area contributed by atoms with Gasteiger partial charge in [0.2, 0.25) is 0 Å². The Bertz CT molecular complexity index is 619. The number of phenols is 1. The van der Waals surface area contributed by atoms with Crippen molar-refractivity contribution >= 4 is 27.7 Å². The van der Waals surface area contributed by atoms with E-state index < -0.39 is 0 Å². The van der Waals surface area contributed by atoms with Crippen molar-refractivity contribution in [1.29, 1.82) is 0 Å². The topological polar surface area (TPSA) is 62.4 Å². The van der Waals surface area contributed by atoms with Gasteiger partial charge in [-0.15, -0.1) is 0 Å². The molecule has 2 aromatic rings. The Morgan fingerprint density at radius 2 is 2.35 bits per heavy atom. The van der Waals surface area contributed by atoms with Crippen molar-refractivity contribution in [2.24, 2.45) is 0 Å². The Labute approximate surface area is 129 Å². The Hall–Kier alpha value is -1.05. The second-order valence-corrected chi connectivity index (χ2v) is 6.70. The first kappa shape index (κ1) is 13.9. The average molecular weight is 356 g/mol. The third-order valence-corrected chi connectivity index (χ3v) is 5.02. The van der Waals surface area contributed by atoms with Gasteiger partial charge in [-0.2, -0.15) is 16.7 Å². The number of hydrogen-bond donors (Lipinski definition) is 1. The van der Waals surface area contributed by atoms with Crippen LogP contribution in [-0.4, -0.2) is 45.2 Å². The molecular weight excluding hydrogens is 342 g/mol. The maximum Gasteiger partial charge on any atom is 0.258 e. The van der Waals surface area contributed by atoms with E-state index in [2.05, 4.69) is 38.0 Å². The van der Waals surface area contributed by atoms with Crippen molar-refractivity contribution in [1.82, 2.24) is 15.0 Å². The molecule has 3 rings (SSSR count). The van der Waals surface area contributed by atoms with Crippen LogP contribution in [0.5, 0.6) is 5.75 Å². The summed E-state index contributed by atoms with van der Waals surface area (Å²) >= 11 is 5.15. The maximum atomic E-state index is 9.71. The predicted octanol–water partition coefficient (Wildman–Crippen LogP) is 2.92. The summed E-state index contributed by atoms with van der Waals surface area (Å²) in [4.78, 5) is 6.71. The maximum absolute atomic E-state index is 9.71. The van der Waals surface area contributed by atoms with E-state index in [9.17, 15) is 5.11 Å². The lowest BCUT2D eigenvalue weighted by atomic mass is 10.2. The molecule has 0 saturated carbocycles. The lowest BCUT2D eigenvalue weighted by Crippen LogP contribution is -2.33. The smallest absolute Gasteiger partial charge is 0.258 e. The molecule has 1 aromatic carbocycles. The fourth-order valence-corrected chi connectivity index (χ4v) is 3.55. The van der Waals surface area contributed by atoms with Crippen molar-refractivity contribution in [3.05, 3.63) is 28.5 Å². The first-order valence-corrected chi connectivity index (χ1v) is 8.20. The van der Waals surface area contributed by atoms with Gasteiger partial charge in [0.1, 0.15) is 5.75 Å². The number of phenolic OH excluding ortho intramolecular Hbond substituents is 1. The summed E-state index contributed by atoms with van der Waals surface area (Å²) in [5, 5.41) is 13.8. The average Bonchev–Trinajstić information content (AvgIpc) is 2.92. The standard InChI is InChI=1S/C13H14BrN3O2S/c1-17-4-5-20-7-10(17)12-15-13(19-16-12)8-2-3-9(14)11(18)6-8/h2-3,6,10,18H,4-5,7H2,1H3. The number of rotatable bonds is 2. The highest BCUT2D eigenvalue weighted by Crippen LogP contribution is 2.31. The largest absolute Gasteiger partial charge is 0.507 e. The molecule has 1 fully saturated rings. The molecule has 0 radical (unpaired) electrons. The number of halogens is 1. The number of aromatic hydroxyl groups is 1. The highest BCUT2D eigenvalue weighted by atomic mass is 79.9.